The summed E-state index contributed by atoms with van der Waals surface area (Å²) in [5, 5.41) is 0. The lowest BCUT2D eigenvalue weighted by atomic mass is 9.99. The largest absolute Gasteiger partial charge is 0.381 e. The van der Waals surface area contributed by atoms with Gasteiger partial charge in [0.2, 0.25) is 5.91 Å². The van der Waals surface area contributed by atoms with E-state index >= 15 is 0 Å². The maximum Gasteiger partial charge on any atom is 0.231 e. The Balaban J connectivity index is 1.71. The van der Waals surface area contributed by atoms with Crippen molar-refractivity contribution < 1.29 is 14.3 Å². The Hall–Kier alpha value is -0.690. The molecule has 0 aromatic rings. The lowest BCUT2D eigenvalue weighted by Crippen LogP contribution is -2.49. The molecule has 2 heterocycles. The Labute approximate surface area is 121 Å². The molecule has 2 N–H and O–H groups in total. The van der Waals surface area contributed by atoms with E-state index in [0.717, 1.165) is 51.9 Å². The van der Waals surface area contributed by atoms with Gasteiger partial charge in [0.05, 0.1) is 19.3 Å². The fourth-order valence-electron chi connectivity index (χ4n) is 3.03. The van der Waals surface area contributed by atoms with Crippen LogP contribution < -0.4 is 5.73 Å². The van der Waals surface area contributed by atoms with Crippen LogP contribution in [0, 0.1) is 5.92 Å². The molecular formula is C14H27N3O3. The molecule has 1 atom stereocenters. The van der Waals surface area contributed by atoms with E-state index in [1.807, 2.05) is 11.9 Å². The zero-order valence-electron chi connectivity index (χ0n) is 12.4. The zero-order chi connectivity index (χ0) is 14.4. The van der Waals surface area contributed by atoms with Gasteiger partial charge >= 0.3 is 0 Å². The summed E-state index contributed by atoms with van der Waals surface area (Å²) in [5.74, 6) is 0.466. The fraction of sp³-hybridized carbons (Fsp3) is 0.929. The highest BCUT2D eigenvalue weighted by atomic mass is 16.5. The van der Waals surface area contributed by atoms with E-state index in [9.17, 15) is 4.79 Å². The van der Waals surface area contributed by atoms with Crippen LogP contribution in [0.2, 0.25) is 0 Å². The number of primary amides is 1. The SMILES string of the molecule is CN(CC(N)=O)CC1CN(CC2CCOCC2)CCO1. The van der Waals surface area contributed by atoms with Gasteiger partial charge in [-0.1, -0.05) is 0 Å². The highest BCUT2D eigenvalue weighted by Crippen LogP contribution is 2.17. The molecule has 0 radical (unpaired) electrons. The molecule has 1 amide bonds. The third-order valence-electron chi connectivity index (χ3n) is 4.02. The molecule has 2 fully saturated rings. The van der Waals surface area contributed by atoms with Gasteiger partial charge in [-0.05, 0) is 25.8 Å². The number of amides is 1. The summed E-state index contributed by atoms with van der Waals surface area (Å²) in [6.07, 6.45) is 2.51. The quantitative estimate of drug-likeness (QED) is 0.715. The van der Waals surface area contributed by atoms with Crippen LogP contribution in [0.3, 0.4) is 0 Å². The molecule has 0 aliphatic carbocycles. The van der Waals surface area contributed by atoms with Crippen molar-refractivity contribution in [3.05, 3.63) is 0 Å². The number of rotatable bonds is 6. The van der Waals surface area contributed by atoms with Crippen LogP contribution in [-0.4, -0.2) is 81.4 Å². The lowest BCUT2D eigenvalue weighted by molar-refractivity contribution is -0.119. The van der Waals surface area contributed by atoms with Gasteiger partial charge in [-0.25, -0.2) is 0 Å². The summed E-state index contributed by atoms with van der Waals surface area (Å²) in [5.41, 5.74) is 5.21. The maximum absolute atomic E-state index is 10.9. The van der Waals surface area contributed by atoms with E-state index in [2.05, 4.69) is 4.90 Å². The van der Waals surface area contributed by atoms with E-state index < -0.39 is 0 Å². The molecule has 2 rings (SSSR count). The molecule has 0 aromatic heterocycles. The van der Waals surface area contributed by atoms with Gasteiger partial charge in [0.15, 0.2) is 0 Å². The predicted octanol–water partition coefficient (Wildman–Crippen LogP) is -0.469. The van der Waals surface area contributed by atoms with E-state index in [0.29, 0.717) is 6.54 Å². The van der Waals surface area contributed by atoms with Crippen molar-refractivity contribution in [3.8, 4) is 0 Å². The first-order chi connectivity index (χ1) is 9.63. The minimum Gasteiger partial charge on any atom is -0.381 e. The first kappa shape index (κ1) is 15.7. The predicted molar refractivity (Wildman–Crippen MR) is 76.4 cm³/mol. The summed E-state index contributed by atoms with van der Waals surface area (Å²) >= 11 is 0. The van der Waals surface area contributed by atoms with E-state index in [-0.39, 0.29) is 12.0 Å². The smallest absolute Gasteiger partial charge is 0.231 e. The van der Waals surface area contributed by atoms with Crippen LogP contribution in [0.4, 0.5) is 0 Å². The lowest BCUT2D eigenvalue weighted by Gasteiger charge is -2.37. The number of nitrogens with zero attached hydrogens (tertiary/aromatic N) is 2. The molecule has 0 spiro atoms. The second kappa shape index (κ2) is 7.93. The van der Waals surface area contributed by atoms with Crippen molar-refractivity contribution in [2.24, 2.45) is 11.7 Å². The van der Waals surface area contributed by atoms with Crippen LogP contribution >= 0.6 is 0 Å². The number of hydrogen-bond acceptors (Lipinski definition) is 5. The third kappa shape index (κ3) is 5.36. The normalized spacial score (nSPS) is 26.0. The molecule has 2 saturated heterocycles. The molecule has 1 unspecified atom stereocenters. The van der Waals surface area contributed by atoms with Crippen LogP contribution in [0.1, 0.15) is 12.8 Å². The Morgan fingerprint density at radius 2 is 2.10 bits per heavy atom. The Morgan fingerprint density at radius 1 is 1.35 bits per heavy atom. The molecule has 0 saturated carbocycles. The average molecular weight is 285 g/mol. The molecule has 6 heteroatoms. The minimum absolute atomic E-state index is 0.174. The van der Waals surface area contributed by atoms with E-state index in [1.54, 1.807) is 0 Å². The van der Waals surface area contributed by atoms with Crippen LogP contribution in [0.5, 0.6) is 0 Å². The van der Waals surface area contributed by atoms with Gasteiger partial charge in [-0.2, -0.15) is 0 Å². The number of likely N-dealkylation sites (N-methyl/N-ethyl adjacent to an activating group) is 1. The minimum atomic E-state index is -0.289. The maximum atomic E-state index is 10.9. The van der Waals surface area contributed by atoms with Gasteiger partial charge in [0.1, 0.15) is 0 Å². The van der Waals surface area contributed by atoms with Crippen LogP contribution in [0.25, 0.3) is 0 Å². The van der Waals surface area contributed by atoms with Crippen molar-refractivity contribution in [1.29, 1.82) is 0 Å². The van der Waals surface area contributed by atoms with Gasteiger partial charge in [0, 0.05) is 39.4 Å². The van der Waals surface area contributed by atoms with Crippen LogP contribution in [-0.2, 0) is 14.3 Å². The molecule has 6 nitrogen and oxygen atoms in total. The summed E-state index contributed by atoms with van der Waals surface area (Å²) in [6.45, 7) is 6.72. The highest BCUT2D eigenvalue weighted by Gasteiger charge is 2.25. The van der Waals surface area contributed by atoms with Crippen LogP contribution in [0.15, 0.2) is 0 Å². The number of ether oxygens (including phenoxy) is 2. The van der Waals surface area contributed by atoms with E-state index in [1.165, 1.54) is 12.8 Å². The second-order valence-corrected chi connectivity index (χ2v) is 5.97. The summed E-state index contributed by atoms with van der Waals surface area (Å²) in [7, 11) is 1.91. The topological polar surface area (TPSA) is 68.0 Å². The first-order valence-corrected chi connectivity index (χ1v) is 7.52. The first-order valence-electron chi connectivity index (χ1n) is 7.52. The molecule has 0 aromatic carbocycles. The van der Waals surface area contributed by atoms with Gasteiger partial charge in [0.25, 0.3) is 0 Å². The summed E-state index contributed by atoms with van der Waals surface area (Å²) in [6, 6.07) is 0. The standard InChI is InChI=1S/C14H27N3O3/c1-16(11-14(15)18)9-13-10-17(4-7-20-13)8-12-2-5-19-6-3-12/h12-13H,2-11H2,1H3,(H2,15,18). The van der Waals surface area contributed by atoms with E-state index in [4.69, 9.17) is 15.2 Å². The molecule has 2 aliphatic rings. The molecule has 2 aliphatic heterocycles. The number of hydrogen-bond donors (Lipinski definition) is 1. The highest BCUT2D eigenvalue weighted by molar-refractivity contribution is 5.75. The van der Waals surface area contributed by atoms with Crippen molar-refractivity contribution in [2.75, 3.05) is 59.6 Å². The van der Waals surface area contributed by atoms with Crippen molar-refractivity contribution in [1.82, 2.24) is 9.80 Å². The number of carbonyl (C=O) groups excluding carboxylic acids is 1. The van der Waals surface area contributed by atoms with Gasteiger partial charge < -0.3 is 15.2 Å². The number of morpholine rings is 1. The van der Waals surface area contributed by atoms with Crippen molar-refractivity contribution >= 4 is 5.91 Å². The average Bonchev–Trinajstić information content (AvgIpc) is 2.39. The number of nitrogens with two attached hydrogens (primary N) is 1. The van der Waals surface area contributed by atoms with Gasteiger partial charge in [-0.15, -0.1) is 0 Å². The van der Waals surface area contributed by atoms with Crippen molar-refractivity contribution in [2.45, 2.75) is 18.9 Å². The molecular weight excluding hydrogens is 258 g/mol. The monoisotopic (exact) mass is 285 g/mol. The fourth-order valence-corrected chi connectivity index (χ4v) is 3.03. The molecule has 0 bridgehead atoms. The summed E-state index contributed by atoms with van der Waals surface area (Å²) in [4.78, 5) is 15.3. The summed E-state index contributed by atoms with van der Waals surface area (Å²) < 4.78 is 11.2. The third-order valence-corrected chi connectivity index (χ3v) is 4.02. The van der Waals surface area contributed by atoms with Crippen molar-refractivity contribution in [3.63, 3.8) is 0 Å². The Kier molecular flexibility index (Phi) is 6.22. The Morgan fingerprint density at radius 3 is 2.80 bits per heavy atom. The molecule has 116 valence electrons. The van der Waals surface area contributed by atoms with Gasteiger partial charge in [-0.3, -0.25) is 14.6 Å². The zero-order valence-corrected chi connectivity index (χ0v) is 12.4. The second-order valence-electron chi connectivity index (χ2n) is 5.97. The Bertz CT molecular complexity index is 308. The number of carbonyl (C=O) groups is 1. The molecule has 20 heavy (non-hydrogen) atoms.